The highest BCUT2D eigenvalue weighted by Crippen LogP contribution is 2.12. The lowest BCUT2D eigenvalue weighted by Crippen LogP contribution is -2.24. The predicted molar refractivity (Wildman–Crippen MR) is 78.3 cm³/mol. The second-order valence-corrected chi connectivity index (χ2v) is 4.30. The van der Waals surface area contributed by atoms with Crippen LogP contribution in [0.4, 0.5) is 0 Å². The molecule has 5 heteroatoms. The minimum Gasteiger partial charge on any atom is -0.382 e. The SMILES string of the molecule is N/C(=N\NC(=O)c1ccccc1S)c1ccccc1. The maximum absolute atomic E-state index is 11.9. The molecule has 0 heterocycles. The Balaban J connectivity index is 2.11. The summed E-state index contributed by atoms with van der Waals surface area (Å²) in [5.74, 6) is -0.0879. The molecule has 0 aliphatic heterocycles. The van der Waals surface area contributed by atoms with E-state index in [-0.39, 0.29) is 11.7 Å². The fraction of sp³-hybridized carbons (Fsp3) is 0. The Labute approximate surface area is 116 Å². The van der Waals surface area contributed by atoms with Crippen LogP contribution in [0.2, 0.25) is 0 Å². The summed E-state index contributed by atoms with van der Waals surface area (Å²) < 4.78 is 0. The van der Waals surface area contributed by atoms with Crippen molar-refractivity contribution in [3.05, 3.63) is 65.7 Å². The lowest BCUT2D eigenvalue weighted by atomic mass is 10.2. The van der Waals surface area contributed by atoms with Crippen LogP contribution in [0.5, 0.6) is 0 Å². The molecule has 0 spiro atoms. The molecule has 3 N–H and O–H groups in total. The van der Waals surface area contributed by atoms with Crippen molar-refractivity contribution < 1.29 is 4.79 Å². The van der Waals surface area contributed by atoms with Crippen LogP contribution in [-0.4, -0.2) is 11.7 Å². The van der Waals surface area contributed by atoms with Crippen LogP contribution in [0, 0.1) is 0 Å². The molecule has 0 saturated heterocycles. The lowest BCUT2D eigenvalue weighted by Gasteiger charge is -2.04. The Morgan fingerprint density at radius 2 is 1.68 bits per heavy atom. The highest BCUT2D eigenvalue weighted by atomic mass is 32.1. The van der Waals surface area contributed by atoms with Gasteiger partial charge in [0.2, 0.25) is 0 Å². The summed E-state index contributed by atoms with van der Waals surface area (Å²) in [4.78, 5) is 12.5. The molecule has 2 rings (SSSR count). The number of amides is 1. The number of carbonyl (C=O) groups excluding carboxylic acids is 1. The van der Waals surface area contributed by atoms with Gasteiger partial charge in [0.05, 0.1) is 5.56 Å². The third-order valence-electron chi connectivity index (χ3n) is 2.50. The number of hydrogen-bond donors (Lipinski definition) is 3. The summed E-state index contributed by atoms with van der Waals surface area (Å²) in [7, 11) is 0. The highest BCUT2D eigenvalue weighted by Gasteiger charge is 2.07. The molecule has 0 atom stereocenters. The molecule has 0 bridgehead atoms. The average Bonchev–Trinajstić information content (AvgIpc) is 2.46. The number of rotatable bonds is 3. The molecule has 0 aliphatic rings. The van der Waals surface area contributed by atoms with Gasteiger partial charge in [-0.3, -0.25) is 4.79 Å². The van der Waals surface area contributed by atoms with Crippen molar-refractivity contribution in [3.8, 4) is 0 Å². The van der Waals surface area contributed by atoms with Gasteiger partial charge in [-0.2, -0.15) is 5.10 Å². The number of nitrogens with two attached hydrogens (primary N) is 1. The molecule has 2 aromatic carbocycles. The number of hydrogen-bond acceptors (Lipinski definition) is 3. The van der Waals surface area contributed by atoms with Crippen LogP contribution in [0.15, 0.2) is 64.6 Å². The first kappa shape index (κ1) is 13.2. The van der Waals surface area contributed by atoms with Gasteiger partial charge in [-0.25, -0.2) is 5.43 Å². The summed E-state index contributed by atoms with van der Waals surface area (Å²) in [6, 6.07) is 16.2. The van der Waals surface area contributed by atoms with Crippen molar-refractivity contribution in [2.45, 2.75) is 4.90 Å². The zero-order valence-corrected chi connectivity index (χ0v) is 11.0. The van der Waals surface area contributed by atoms with Crippen LogP contribution >= 0.6 is 12.6 Å². The fourth-order valence-corrected chi connectivity index (χ4v) is 1.77. The van der Waals surface area contributed by atoms with Gasteiger partial charge in [0.1, 0.15) is 0 Å². The Morgan fingerprint density at radius 3 is 2.37 bits per heavy atom. The van der Waals surface area contributed by atoms with E-state index >= 15 is 0 Å². The maximum atomic E-state index is 11.9. The number of thiol groups is 1. The Kier molecular flexibility index (Phi) is 4.20. The van der Waals surface area contributed by atoms with E-state index in [1.54, 1.807) is 24.3 Å². The molecule has 0 aromatic heterocycles. The predicted octanol–water partition coefficient (Wildman–Crippen LogP) is 2.03. The average molecular weight is 271 g/mol. The van der Waals surface area contributed by atoms with E-state index in [0.29, 0.717) is 10.5 Å². The van der Waals surface area contributed by atoms with E-state index in [1.807, 2.05) is 30.3 Å². The normalized spacial score (nSPS) is 11.1. The molecule has 19 heavy (non-hydrogen) atoms. The smallest absolute Gasteiger partial charge is 0.272 e. The van der Waals surface area contributed by atoms with Gasteiger partial charge in [-0.1, -0.05) is 42.5 Å². The van der Waals surface area contributed by atoms with Crippen LogP contribution in [0.3, 0.4) is 0 Å². The van der Waals surface area contributed by atoms with Crippen molar-refractivity contribution in [1.82, 2.24) is 5.43 Å². The van der Waals surface area contributed by atoms with Gasteiger partial charge < -0.3 is 5.73 Å². The van der Waals surface area contributed by atoms with Gasteiger partial charge in [0.25, 0.3) is 5.91 Å². The zero-order chi connectivity index (χ0) is 13.7. The molecule has 0 unspecified atom stereocenters. The standard InChI is InChI=1S/C14H13N3OS/c15-13(10-6-2-1-3-7-10)16-17-14(18)11-8-4-5-9-12(11)19/h1-9,19H,(H2,15,16)(H,17,18). The van der Waals surface area contributed by atoms with Crippen molar-refractivity contribution in [1.29, 1.82) is 0 Å². The van der Waals surface area contributed by atoms with E-state index in [1.165, 1.54) is 0 Å². The maximum Gasteiger partial charge on any atom is 0.272 e. The van der Waals surface area contributed by atoms with Gasteiger partial charge in [0, 0.05) is 10.5 Å². The molecule has 0 radical (unpaired) electrons. The molecular formula is C14H13N3OS. The molecule has 1 amide bonds. The first-order chi connectivity index (χ1) is 9.18. The van der Waals surface area contributed by atoms with Crippen molar-refractivity contribution in [2.24, 2.45) is 10.8 Å². The Bertz CT molecular complexity index is 611. The number of amidine groups is 1. The number of hydrazone groups is 1. The van der Waals surface area contributed by atoms with Gasteiger partial charge in [0.15, 0.2) is 5.84 Å². The van der Waals surface area contributed by atoms with Crippen molar-refractivity contribution in [2.75, 3.05) is 0 Å². The zero-order valence-electron chi connectivity index (χ0n) is 10.1. The summed E-state index contributed by atoms with van der Waals surface area (Å²) in [5.41, 5.74) is 9.39. The fourth-order valence-electron chi connectivity index (χ4n) is 1.51. The van der Waals surface area contributed by atoms with E-state index in [9.17, 15) is 4.79 Å². The van der Waals surface area contributed by atoms with Crippen molar-refractivity contribution in [3.63, 3.8) is 0 Å². The third-order valence-corrected chi connectivity index (χ3v) is 2.89. The van der Waals surface area contributed by atoms with E-state index in [0.717, 1.165) is 5.56 Å². The van der Waals surface area contributed by atoms with E-state index in [2.05, 4.69) is 23.2 Å². The van der Waals surface area contributed by atoms with Crippen LogP contribution in [0.25, 0.3) is 0 Å². The molecule has 0 aliphatic carbocycles. The Morgan fingerprint density at radius 1 is 1.05 bits per heavy atom. The van der Waals surface area contributed by atoms with Crippen molar-refractivity contribution >= 4 is 24.4 Å². The summed E-state index contributed by atoms with van der Waals surface area (Å²) in [6.07, 6.45) is 0. The largest absolute Gasteiger partial charge is 0.382 e. The summed E-state index contributed by atoms with van der Waals surface area (Å²) in [5, 5.41) is 3.87. The second kappa shape index (κ2) is 6.06. The number of benzene rings is 2. The van der Waals surface area contributed by atoms with Gasteiger partial charge in [-0.05, 0) is 12.1 Å². The van der Waals surface area contributed by atoms with E-state index in [4.69, 9.17) is 5.73 Å². The molecular weight excluding hydrogens is 258 g/mol. The quantitative estimate of drug-likeness (QED) is 0.346. The van der Waals surface area contributed by atoms with Gasteiger partial charge in [-0.15, -0.1) is 12.6 Å². The lowest BCUT2D eigenvalue weighted by molar-refractivity contribution is 0.0952. The number of nitrogens with zero attached hydrogens (tertiary/aromatic N) is 1. The number of nitrogens with one attached hydrogen (secondary N) is 1. The van der Waals surface area contributed by atoms with Crippen LogP contribution in [0.1, 0.15) is 15.9 Å². The second-order valence-electron chi connectivity index (χ2n) is 3.82. The van der Waals surface area contributed by atoms with E-state index < -0.39 is 0 Å². The van der Waals surface area contributed by atoms with Crippen LogP contribution in [-0.2, 0) is 0 Å². The minimum absolute atomic E-state index is 0.255. The number of carbonyl (C=O) groups is 1. The van der Waals surface area contributed by atoms with Gasteiger partial charge >= 0.3 is 0 Å². The molecule has 96 valence electrons. The monoisotopic (exact) mass is 271 g/mol. The molecule has 0 fully saturated rings. The van der Waals surface area contributed by atoms with Crippen LogP contribution < -0.4 is 11.2 Å². The summed E-state index contributed by atoms with van der Waals surface area (Å²) in [6.45, 7) is 0. The molecule has 0 saturated carbocycles. The molecule has 2 aromatic rings. The first-order valence-corrected chi connectivity index (χ1v) is 6.10. The third kappa shape index (κ3) is 3.35. The first-order valence-electron chi connectivity index (χ1n) is 5.65. The summed E-state index contributed by atoms with van der Waals surface area (Å²) >= 11 is 4.21. The Hall–Kier alpha value is -2.27. The topological polar surface area (TPSA) is 67.5 Å². The molecule has 4 nitrogen and oxygen atoms in total. The highest BCUT2D eigenvalue weighted by molar-refractivity contribution is 7.80. The minimum atomic E-state index is -0.343.